The number of fused-ring (bicyclic) bond motifs is 3. The molecule has 2 bridgehead atoms. The van der Waals surface area contributed by atoms with E-state index < -0.39 is 0 Å². The molecule has 3 fully saturated rings. The van der Waals surface area contributed by atoms with Crippen molar-refractivity contribution in [3.8, 4) is 0 Å². The molecular formula is C14H17N. The molecule has 3 aliphatic carbocycles. The zero-order chi connectivity index (χ0) is 10.1. The topological polar surface area (TPSA) is 12.4 Å². The van der Waals surface area contributed by atoms with E-state index in [2.05, 4.69) is 30.3 Å². The summed E-state index contributed by atoms with van der Waals surface area (Å²) in [6.45, 7) is 0. The number of rotatable bonds is 1. The van der Waals surface area contributed by atoms with E-state index >= 15 is 0 Å². The molecule has 78 valence electrons. The highest BCUT2D eigenvalue weighted by molar-refractivity contribution is 5.90. The Morgan fingerprint density at radius 3 is 2.27 bits per heavy atom. The van der Waals surface area contributed by atoms with Crippen LogP contribution in [0.5, 0.6) is 0 Å². The average Bonchev–Trinajstić information content (AvgIpc) is 2.32. The Kier molecular flexibility index (Phi) is 2.32. The normalized spacial score (nSPS) is 32.1. The van der Waals surface area contributed by atoms with Crippen molar-refractivity contribution in [3.63, 3.8) is 0 Å². The first-order chi connectivity index (χ1) is 7.42. The van der Waals surface area contributed by atoms with Gasteiger partial charge in [-0.3, -0.25) is 4.99 Å². The number of nitrogens with zero attached hydrogens (tertiary/aromatic N) is 1. The van der Waals surface area contributed by atoms with Crippen LogP contribution in [0, 0.1) is 11.8 Å². The average molecular weight is 199 g/mol. The van der Waals surface area contributed by atoms with E-state index in [1.807, 2.05) is 0 Å². The van der Waals surface area contributed by atoms with Gasteiger partial charge in [-0.25, -0.2) is 0 Å². The lowest BCUT2D eigenvalue weighted by atomic mass is 9.69. The van der Waals surface area contributed by atoms with Gasteiger partial charge in [-0.15, -0.1) is 0 Å². The molecule has 4 rings (SSSR count). The van der Waals surface area contributed by atoms with Crippen LogP contribution in [0.1, 0.15) is 32.1 Å². The second-order valence-electron chi connectivity index (χ2n) is 4.86. The van der Waals surface area contributed by atoms with Crippen molar-refractivity contribution in [2.75, 3.05) is 0 Å². The van der Waals surface area contributed by atoms with Gasteiger partial charge in [-0.05, 0) is 56.1 Å². The van der Waals surface area contributed by atoms with Crippen LogP contribution in [0.3, 0.4) is 0 Å². The van der Waals surface area contributed by atoms with Crippen LogP contribution in [-0.2, 0) is 0 Å². The molecule has 0 radical (unpaired) electrons. The first-order valence-corrected chi connectivity index (χ1v) is 6.04. The molecule has 0 aliphatic heterocycles. The summed E-state index contributed by atoms with van der Waals surface area (Å²) in [6.07, 6.45) is 6.92. The lowest BCUT2D eigenvalue weighted by Gasteiger charge is -2.37. The van der Waals surface area contributed by atoms with Crippen molar-refractivity contribution in [3.05, 3.63) is 30.3 Å². The summed E-state index contributed by atoms with van der Waals surface area (Å²) in [4.78, 5) is 4.82. The number of benzene rings is 1. The monoisotopic (exact) mass is 199 g/mol. The molecule has 0 amide bonds. The van der Waals surface area contributed by atoms with Crippen LogP contribution >= 0.6 is 0 Å². The summed E-state index contributed by atoms with van der Waals surface area (Å²) in [6, 6.07) is 10.4. The van der Waals surface area contributed by atoms with Gasteiger partial charge in [-0.1, -0.05) is 18.2 Å². The van der Waals surface area contributed by atoms with Crippen molar-refractivity contribution in [1.29, 1.82) is 0 Å². The van der Waals surface area contributed by atoms with Gasteiger partial charge in [0.2, 0.25) is 0 Å². The summed E-state index contributed by atoms with van der Waals surface area (Å²) in [5.41, 5.74) is 2.61. The molecule has 0 N–H and O–H groups in total. The molecule has 3 aliphatic rings. The van der Waals surface area contributed by atoms with E-state index in [4.69, 9.17) is 4.99 Å². The molecular weight excluding hydrogens is 182 g/mol. The quantitative estimate of drug-likeness (QED) is 0.649. The first-order valence-electron chi connectivity index (χ1n) is 6.04. The standard InChI is InChI=1S/C14H17N/c1-2-4-13(5-3-1)15-14-10-11-6-8-12(14)9-7-11/h1-5,11-12H,6-10H2. The van der Waals surface area contributed by atoms with E-state index in [-0.39, 0.29) is 0 Å². The minimum atomic E-state index is 0.801. The van der Waals surface area contributed by atoms with Gasteiger partial charge < -0.3 is 0 Å². The van der Waals surface area contributed by atoms with Crippen LogP contribution in [0.4, 0.5) is 5.69 Å². The zero-order valence-electron chi connectivity index (χ0n) is 9.02. The highest BCUT2D eigenvalue weighted by atomic mass is 14.8. The summed E-state index contributed by atoms with van der Waals surface area (Å²) < 4.78 is 0. The van der Waals surface area contributed by atoms with Crippen molar-refractivity contribution in [1.82, 2.24) is 0 Å². The van der Waals surface area contributed by atoms with Gasteiger partial charge >= 0.3 is 0 Å². The number of aliphatic imine (C=N–C) groups is 1. The zero-order valence-corrected chi connectivity index (χ0v) is 9.02. The Labute approximate surface area is 91.2 Å². The van der Waals surface area contributed by atoms with E-state index in [0.29, 0.717) is 0 Å². The first kappa shape index (κ1) is 9.14. The van der Waals surface area contributed by atoms with Crippen molar-refractivity contribution < 1.29 is 0 Å². The molecule has 1 heteroatoms. The number of hydrogen-bond donors (Lipinski definition) is 0. The Hall–Kier alpha value is -1.11. The maximum Gasteiger partial charge on any atom is 0.0629 e. The molecule has 15 heavy (non-hydrogen) atoms. The largest absolute Gasteiger partial charge is 0.258 e. The predicted molar refractivity (Wildman–Crippen MR) is 63.6 cm³/mol. The smallest absolute Gasteiger partial charge is 0.0629 e. The van der Waals surface area contributed by atoms with Gasteiger partial charge in [0.1, 0.15) is 0 Å². The molecule has 1 nitrogen and oxygen atoms in total. The third-order valence-electron chi connectivity index (χ3n) is 3.84. The number of para-hydroxylation sites is 1. The molecule has 0 saturated heterocycles. The Bertz CT molecular complexity index is 358. The maximum absolute atomic E-state index is 4.82. The molecule has 0 heterocycles. The lowest BCUT2D eigenvalue weighted by molar-refractivity contribution is 0.288. The van der Waals surface area contributed by atoms with E-state index in [9.17, 15) is 0 Å². The van der Waals surface area contributed by atoms with E-state index in [1.165, 1.54) is 37.8 Å². The van der Waals surface area contributed by atoms with Gasteiger partial charge in [-0.2, -0.15) is 0 Å². The molecule has 1 aromatic carbocycles. The van der Waals surface area contributed by atoms with Crippen LogP contribution < -0.4 is 0 Å². The van der Waals surface area contributed by atoms with E-state index in [1.54, 1.807) is 0 Å². The second-order valence-corrected chi connectivity index (χ2v) is 4.86. The fourth-order valence-corrected chi connectivity index (χ4v) is 2.97. The van der Waals surface area contributed by atoms with Crippen LogP contribution in [0.15, 0.2) is 35.3 Å². The minimum absolute atomic E-state index is 0.801. The van der Waals surface area contributed by atoms with Crippen molar-refractivity contribution in [2.45, 2.75) is 32.1 Å². The van der Waals surface area contributed by atoms with Crippen molar-refractivity contribution in [2.24, 2.45) is 16.8 Å². The lowest BCUT2D eigenvalue weighted by Crippen LogP contribution is -2.31. The van der Waals surface area contributed by atoms with Crippen LogP contribution in [-0.4, -0.2) is 5.71 Å². The van der Waals surface area contributed by atoms with Gasteiger partial charge in [0, 0.05) is 5.71 Å². The predicted octanol–water partition coefficient (Wildman–Crippen LogP) is 3.97. The molecule has 0 atom stereocenters. The Morgan fingerprint density at radius 2 is 1.67 bits per heavy atom. The molecule has 0 spiro atoms. The van der Waals surface area contributed by atoms with E-state index in [0.717, 1.165) is 17.5 Å². The Balaban J connectivity index is 1.85. The summed E-state index contributed by atoms with van der Waals surface area (Å²) >= 11 is 0. The molecule has 1 aromatic rings. The minimum Gasteiger partial charge on any atom is -0.258 e. The summed E-state index contributed by atoms with van der Waals surface area (Å²) in [5, 5.41) is 0. The highest BCUT2D eigenvalue weighted by Crippen LogP contribution is 2.40. The molecule has 0 unspecified atom stereocenters. The molecule has 3 saturated carbocycles. The van der Waals surface area contributed by atoms with Gasteiger partial charge in [0.15, 0.2) is 0 Å². The second kappa shape index (κ2) is 3.80. The fourth-order valence-electron chi connectivity index (χ4n) is 2.97. The summed E-state index contributed by atoms with van der Waals surface area (Å²) in [7, 11) is 0. The third-order valence-corrected chi connectivity index (χ3v) is 3.84. The fraction of sp³-hybridized carbons (Fsp3) is 0.500. The Morgan fingerprint density at radius 1 is 0.933 bits per heavy atom. The third kappa shape index (κ3) is 1.83. The maximum atomic E-state index is 4.82. The van der Waals surface area contributed by atoms with Gasteiger partial charge in [0.25, 0.3) is 0 Å². The summed E-state index contributed by atoms with van der Waals surface area (Å²) in [5.74, 6) is 1.74. The SMILES string of the molecule is c1ccc(N=C2CC3CCC2CC3)cc1. The molecule has 0 aromatic heterocycles. The van der Waals surface area contributed by atoms with Gasteiger partial charge in [0.05, 0.1) is 5.69 Å². The van der Waals surface area contributed by atoms with Crippen LogP contribution in [0.2, 0.25) is 0 Å². The van der Waals surface area contributed by atoms with Crippen molar-refractivity contribution >= 4 is 11.4 Å². The highest BCUT2D eigenvalue weighted by Gasteiger charge is 2.32. The number of hydrogen-bond acceptors (Lipinski definition) is 1. The van der Waals surface area contributed by atoms with Crippen LogP contribution in [0.25, 0.3) is 0 Å².